The second-order valence-electron chi connectivity index (χ2n) is 6.93. The average molecular weight is 463 g/mol. The summed E-state index contributed by atoms with van der Waals surface area (Å²) in [5.41, 5.74) is 0.996. The third kappa shape index (κ3) is 3.96. The third-order valence-corrected chi connectivity index (χ3v) is 5.44. The molecule has 0 saturated carbocycles. The first-order valence-electron chi connectivity index (χ1n) is 9.12. The van der Waals surface area contributed by atoms with Gasteiger partial charge < -0.3 is 10.2 Å². The first kappa shape index (κ1) is 21.1. The number of fused-ring (bicyclic) bond motifs is 3. The Morgan fingerprint density at radius 3 is 2.71 bits per heavy atom. The van der Waals surface area contributed by atoms with E-state index in [9.17, 15) is 18.4 Å². The van der Waals surface area contributed by atoms with Crippen molar-refractivity contribution in [3.8, 4) is 11.3 Å². The summed E-state index contributed by atoms with van der Waals surface area (Å²) in [5.74, 6) is -3.22. The minimum absolute atomic E-state index is 0.0461. The number of carbonyl (C=O) groups excluding carboxylic acids is 2. The van der Waals surface area contributed by atoms with Gasteiger partial charge in [0.25, 0.3) is 0 Å². The molecule has 158 valence electrons. The Kier molecular flexibility index (Phi) is 5.60. The van der Waals surface area contributed by atoms with Crippen molar-refractivity contribution in [2.45, 2.75) is 12.8 Å². The molecule has 0 saturated heterocycles. The van der Waals surface area contributed by atoms with Crippen LogP contribution < -0.4 is 10.2 Å². The molecule has 2 amide bonds. The van der Waals surface area contributed by atoms with E-state index in [0.29, 0.717) is 5.56 Å². The number of benzene rings is 2. The third-order valence-electron chi connectivity index (χ3n) is 4.91. The molecule has 4 rings (SSSR count). The number of hydrogen-bond acceptors (Lipinski definition) is 4. The predicted octanol–water partition coefficient (Wildman–Crippen LogP) is 4.82. The summed E-state index contributed by atoms with van der Waals surface area (Å²) in [6.07, 6.45) is 2.70. The maximum Gasteiger partial charge on any atom is 0.244 e. The topological polar surface area (TPSA) is 75.2 Å². The Labute approximate surface area is 185 Å². The molecule has 0 spiro atoms. The standard InChI is InChI=1S/C21H14Cl2F2N4O2/c1-10-13-7-26-9-27-20(13)19-16(25)4-11(22)5-17(19)29(21(10)31)8-18(30)28-12-2-3-14(23)15(24)6-12/h2-7,9-10H,8H2,1H3,(H,28,30)/t10-/m0/s1. The zero-order valence-corrected chi connectivity index (χ0v) is 17.5. The van der Waals surface area contributed by atoms with E-state index in [-0.39, 0.29) is 32.7 Å². The van der Waals surface area contributed by atoms with Crippen LogP contribution in [0.1, 0.15) is 18.4 Å². The van der Waals surface area contributed by atoms with Crippen LogP contribution in [-0.2, 0) is 9.59 Å². The number of carbonyl (C=O) groups is 2. The maximum atomic E-state index is 14.9. The molecule has 1 atom stereocenters. The van der Waals surface area contributed by atoms with Gasteiger partial charge in [0.1, 0.15) is 24.5 Å². The Balaban J connectivity index is 1.75. The normalized spacial score (nSPS) is 15.2. The number of halogens is 4. The molecular formula is C21H14Cl2F2N4O2. The number of aromatic nitrogens is 2. The number of nitrogens with zero attached hydrogens (tertiary/aromatic N) is 3. The van der Waals surface area contributed by atoms with E-state index in [1.165, 1.54) is 30.7 Å². The Morgan fingerprint density at radius 1 is 1.19 bits per heavy atom. The molecule has 31 heavy (non-hydrogen) atoms. The van der Waals surface area contributed by atoms with E-state index in [2.05, 4.69) is 15.3 Å². The molecule has 1 N–H and O–H groups in total. The van der Waals surface area contributed by atoms with E-state index in [1.54, 1.807) is 6.92 Å². The Hall–Kier alpha value is -3.10. The molecule has 2 aromatic carbocycles. The first-order valence-corrected chi connectivity index (χ1v) is 9.87. The second-order valence-corrected chi connectivity index (χ2v) is 7.78. The second kappa shape index (κ2) is 8.20. The zero-order valence-electron chi connectivity index (χ0n) is 16.0. The summed E-state index contributed by atoms with van der Waals surface area (Å²) in [6, 6.07) is 6.29. The monoisotopic (exact) mass is 462 g/mol. The molecule has 0 unspecified atom stereocenters. The lowest BCUT2D eigenvalue weighted by atomic mass is 9.98. The van der Waals surface area contributed by atoms with Crippen LogP contribution >= 0.6 is 23.2 Å². The first-order chi connectivity index (χ1) is 14.8. The molecule has 0 bridgehead atoms. The van der Waals surface area contributed by atoms with Crippen LogP contribution in [0, 0.1) is 11.6 Å². The lowest BCUT2D eigenvalue weighted by Gasteiger charge is -2.24. The van der Waals surface area contributed by atoms with Crippen molar-refractivity contribution >= 4 is 46.4 Å². The van der Waals surface area contributed by atoms with Gasteiger partial charge in [-0.05, 0) is 37.3 Å². The van der Waals surface area contributed by atoms with Crippen LogP contribution in [0.5, 0.6) is 0 Å². The number of anilines is 2. The Bertz CT molecular complexity index is 1220. The predicted molar refractivity (Wildman–Crippen MR) is 113 cm³/mol. The summed E-state index contributed by atoms with van der Waals surface area (Å²) in [6.45, 7) is 1.16. The lowest BCUT2D eigenvalue weighted by molar-refractivity contribution is -0.122. The highest BCUT2D eigenvalue weighted by molar-refractivity contribution is 6.31. The molecule has 0 radical (unpaired) electrons. The molecule has 6 nitrogen and oxygen atoms in total. The zero-order chi connectivity index (χ0) is 22.3. The lowest BCUT2D eigenvalue weighted by Crippen LogP contribution is -2.40. The van der Waals surface area contributed by atoms with E-state index < -0.39 is 35.9 Å². The van der Waals surface area contributed by atoms with Gasteiger partial charge in [-0.3, -0.25) is 9.59 Å². The van der Waals surface area contributed by atoms with Crippen LogP contribution in [0.15, 0.2) is 42.9 Å². The van der Waals surface area contributed by atoms with Gasteiger partial charge in [0.2, 0.25) is 11.8 Å². The smallest absolute Gasteiger partial charge is 0.244 e. The van der Waals surface area contributed by atoms with Crippen LogP contribution in [0.2, 0.25) is 10.0 Å². The van der Waals surface area contributed by atoms with E-state index in [4.69, 9.17) is 23.2 Å². The minimum Gasteiger partial charge on any atom is -0.324 e. The van der Waals surface area contributed by atoms with Crippen molar-refractivity contribution in [2.75, 3.05) is 16.8 Å². The number of rotatable bonds is 3. The fourth-order valence-electron chi connectivity index (χ4n) is 3.44. The van der Waals surface area contributed by atoms with Crippen molar-refractivity contribution < 1.29 is 18.4 Å². The fourth-order valence-corrected chi connectivity index (χ4v) is 3.76. The fraction of sp³-hybridized carbons (Fsp3) is 0.143. The van der Waals surface area contributed by atoms with E-state index in [1.807, 2.05) is 0 Å². The average Bonchev–Trinajstić information content (AvgIpc) is 2.80. The molecule has 0 fully saturated rings. The summed E-state index contributed by atoms with van der Waals surface area (Å²) >= 11 is 11.7. The molecule has 1 aliphatic rings. The molecule has 1 aliphatic heterocycles. The quantitative estimate of drug-likeness (QED) is 0.605. The van der Waals surface area contributed by atoms with Crippen molar-refractivity contribution in [3.05, 3.63) is 70.1 Å². The maximum absolute atomic E-state index is 14.9. The highest BCUT2D eigenvalue weighted by atomic mass is 35.5. The molecule has 10 heteroatoms. The summed E-state index contributed by atoms with van der Waals surface area (Å²) in [7, 11) is 0. The number of nitrogens with one attached hydrogen (secondary N) is 1. The number of hydrogen-bond donors (Lipinski definition) is 1. The molecular weight excluding hydrogens is 449 g/mol. The highest BCUT2D eigenvalue weighted by Gasteiger charge is 2.35. The largest absolute Gasteiger partial charge is 0.324 e. The summed E-state index contributed by atoms with van der Waals surface area (Å²) < 4.78 is 28.6. The van der Waals surface area contributed by atoms with Gasteiger partial charge in [0.05, 0.1) is 27.9 Å². The van der Waals surface area contributed by atoms with Crippen molar-refractivity contribution in [1.29, 1.82) is 0 Å². The van der Waals surface area contributed by atoms with Crippen LogP contribution in [0.4, 0.5) is 20.2 Å². The van der Waals surface area contributed by atoms with Gasteiger partial charge in [0, 0.05) is 22.5 Å². The molecule has 1 aromatic heterocycles. The SMILES string of the molecule is C[C@@H]1C(=O)N(CC(=O)Nc2ccc(Cl)c(F)c2)c2cc(Cl)cc(F)c2-c2ncncc21. The van der Waals surface area contributed by atoms with E-state index >= 15 is 0 Å². The van der Waals surface area contributed by atoms with Crippen LogP contribution in [0.3, 0.4) is 0 Å². The minimum atomic E-state index is -0.748. The van der Waals surface area contributed by atoms with Crippen molar-refractivity contribution in [3.63, 3.8) is 0 Å². The van der Waals surface area contributed by atoms with Gasteiger partial charge in [-0.1, -0.05) is 23.2 Å². The van der Waals surface area contributed by atoms with Crippen molar-refractivity contribution in [2.24, 2.45) is 0 Å². The molecule has 3 aromatic rings. The van der Waals surface area contributed by atoms with Gasteiger partial charge in [0.15, 0.2) is 0 Å². The molecule has 2 heterocycles. The summed E-state index contributed by atoms with van der Waals surface area (Å²) in [5, 5.41) is 2.47. The van der Waals surface area contributed by atoms with Gasteiger partial charge in [-0.15, -0.1) is 0 Å². The summed E-state index contributed by atoms with van der Waals surface area (Å²) in [4.78, 5) is 35.2. The van der Waals surface area contributed by atoms with E-state index in [0.717, 1.165) is 17.0 Å². The Morgan fingerprint density at radius 2 is 1.97 bits per heavy atom. The van der Waals surface area contributed by atoms with Gasteiger partial charge in [-0.2, -0.15) is 0 Å². The van der Waals surface area contributed by atoms with Gasteiger partial charge >= 0.3 is 0 Å². The van der Waals surface area contributed by atoms with Gasteiger partial charge in [-0.25, -0.2) is 18.7 Å². The molecule has 0 aliphatic carbocycles. The van der Waals surface area contributed by atoms with Crippen LogP contribution in [0.25, 0.3) is 11.3 Å². The van der Waals surface area contributed by atoms with Crippen molar-refractivity contribution in [1.82, 2.24) is 9.97 Å². The highest BCUT2D eigenvalue weighted by Crippen LogP contribution is 2.42. The van der Waals surface area contributed by atoms with Crippen LogP contribution in [-0.4, -0.2) is 28.3 Å². The number of amides is 2.